The van der Waals surface area contributed by atoms with E-state index in [1.807, 2.05) is 36.8 Å². The number of hydrogen-bond acceptors (Lipinski definition) is 4. The van der Waals surface area contributed by atoms with Gasteiger partial charge >= 0.3 is 0 Å². The van der Waals surface area contributed by atoms with E-state index < -0.39 is 0 Å². The van der Waals surface area contributed by atoms with Crippen LogP contribution in [0.4, 0.5) is 0 Å². The molecule has 5 heteroatoms. The smallest absolute Gasteiger partial charge is 0.149 e. The van der Waals surface area contributed by atoms with Gasteiger partial charge in [0.2, 0.25) is 0 Å². The molecule has 0 saturated heterocycles. The van der Waals surface area contributed by atoms with Gasteiger partial charge in [-0.05, 0) is 103 Å². The second kappa shape index (κ2) is 16.9. The van der Waals surface area contributed by atoms with E-state index in [0.29, 0.717) is 11.4 Å². The molecule has 0 radical (unpaired) electrons. The van der Waals surface area contributed by atoms with Gasteiger partial charge in [0.25, 0.3) is 0 Å². The number of pyridine rings is 2. The van der Waals surface area contributed by atoms with Crippen molar-refractivity contribution in [2.24, 2.45) is 0 Å². The minimum atomic E-state index is -0.336. The third-order valence-corrected chi connectivity index (χ3v) is 12.6. The molecule has 3 aromatic heterocycles. The fourth-order valence-electron chi connectivity index (χ4n) is 8.95. The summed E-state index contributed by atoms with van der Waals surface area (Å²) in [6, 6.07) is 63.7. The number of phenols is 1. The van der Waals surface area contributed by atoms with E-state index in [4.69, 9.17) is 15.0 Å². The van der Waals surface area contributed by atoms with E-state index in [1.165, 1.54) is 11.1 Å². The molecule has 0 aliphatic rings. The van der Waals surface area contributed by atoms with Crippen LogP contribution in [0.25, 0.3) is 95.0 Å². The van der Waals surface area contributed by atoms with Crippen LogP contribution in [-0.2, 0) is 10.8 Å². The maximum Gasteiger partial charge on any atom is 0.149 e. The molecule has 1 N–H and O–H groups in total. The maximum absolute atomic E-state index is 12.5. The predicted molar refractivity (Wildman–Crippen MR) is 274 cm³/mol. The summed E-state index contributed by atoms with van der Waals surface area (Å²) in [6.07, 6.45) is 5.72. The zero-order chi connectivity index (χ0) is 45.6. The highest BCUT2D eigenvalue weighted by Crippen LogP contribution is 2.45. The predicted octanol–water partition coefficient (Wildman–Crippen LogP) is 15.8. The number of imidazole rings is 1. The number of aromatic nitrogens is 4. The van der Waals surface area contributed by atoms with Crippen LogP contribution in [0, 0.1) is 0 Å². The average Bonchev–Trinajstić information content (AvgIpc) is 3.73. The van der Waals surface area contributed by atoms with Crippen LogP contribution in [0.3, 0.4) is 0 Å². The second-order valence-electron chi connectivity index (χ2n) is 19.2. The van der Waals surface area contributed by atoms with Crippen molar-refractivity contribution in [1.29, 1.82) is 0 Å². The highest BCUT2D eigenvalue weighted by molar-refractivity contribution is 5.98. The minimum Gasteiger partial charge on any atom is -0.507 e. The molecule has 0 aliphatic carbocycles. The van der Waals surface area contributed by atoms with Crippen molar-refractivity contribution < 1.29 is 5.11 Å². The van der Waals surface area contributed by atoms with Gasteiger partial charge in [-0.1, -0.05) is 181 Å². The van der Waals surface area contributed by atoms with Gasteiger partial charge < -0.3 is 5.11 Å². The molecular formula is C61H52N4O. The number of fused-ring (bicyclic) bond motifs is 1. The van der Waals surface area contributed by atoms with E-state index in [9.17, 15) is 5.11 Å². The van der Waals surface area contributed by atoms with Crippen LogP contribution in [0.15, 0.2) is 201 Å². The third kappa shape index (κ3) is 8.09. The molecule has 0 unspecified atom stereocenters. The number of para-hydroxylation sites is 1. The van der Waals surface area contributed by atoms with E-state index in [1.54, 1.807) is 0 Å². The molecule has 3 heterocycles. The van der Waals surface area contributed by atoms with Gasteiger partial charge in [0.15, 0.2) is 0 Å². The lowest BCUT2D eigenvalue weighted by atomic mass is 9.79. The molecule has 0 fully saturated rings. The average molecular weight is 857 g/mol. The Balaban J connectivity index is 1.20. The van der Waals surface area contributed by atoms with Crippen molar-refractivity contribution in [3.8, 4) is 89.7 Å². The first-order valence-corrected chi connectivity index (χ1v) is 22.6. The lowest BCUT2D eigenvalue weighted by molar-refractivity contribution is 0.446. The monoisotopic (exact) mass is 856 g/mol. The van der Waals surface area contributed by atoms with Gasteiger partial charge in [-0.15, -0.1) is 0 Å². The molecule has 0 amide bonds. The Bertz CT molecular complexity index is 3360. The molecule has 0 saturated carbocycles. The summed E-state index contributed by atoms with van der Waals surface area (Å²) in [4.78, 5) is 15.6. The lowest BCUT2D eigenvalue weighted by Crippen LogP contribution is -2.17. The lowest BCUT2D eigenvalue weighted by Gasteiger charge is -2.27. The van der Waals surface area contributed by atoms with Crippen LogP contribution in [0.5, 0.6) is 5.75 Å². The summed E-state index contributed by atoms with van der Waals surface area (Å²) < 4.78 is 2.19. The SMILES string of the molecule is CC(C)(C)c1cc(-c2nc3c(-c4cc(-c5ccccc5)cc(-c5cc(-c6ccc(-c7ccccc7)cc6)ccn5)c4)cncc3n2-c2ccccc2-c2ccccc2)c(O)c(C(C)(C)C)c1. The fraction of sp³-hybridized carbons (Fsp3) is 0.131. The van der Waals surface area contributed by atoms with E-state index in [-0.39, 0.29) is 16.6 Å². The number of hydrogen-bond donors (Lipinski definition) is 1. The third-order valence-electron chi connectivity index (χ3n) is 12.6. The van der Waals surface area contributed by atoms with Gasteiger partial charge in [-0.3, -0.25) is 14.5 Å². The Hall–Kier alpha value is -7.89. The van der Waals surface area contributed by atoms with Crippen molar-refractivity contribution in [3.05, 3.63) is 212 Å². The van der Waals surface area contributed by atoms with E-state index in [2.05, 4.69) is 210 Å². The Morgan fingerprint density at radius 2 is 1.00 bits per heavy atom. The molecule has 5 nitrogen and oxygen atoms in total. The highest BCUT2D eigenvalue weighted by Gasteiger charge is 2.29. The summed E-state index contributed by atoms with van der Waals surface area (Å²) in [5.41, 5.74) is 17.2. The zero-order valence-corrected chi connectivity index (χ0v) is 38.3. The molecule has 66 heavy (non-hydrogen) atoms. The normalized spacial score (nSPS) is 11.8. The van der Waals surface area contributed by atoms with Crippen LogP contribution in [-0.4, -0.2) is 24.6 Å². The summed E-state index contributed by atoms with van der Waals surface area (Å²) in [5, 5.41) is 12.5. The van der Waals surface area contributed by atoms with Crippen LogP contribution in [0.1, 0.15) is 52.7 Å². The quantitative estimate of drug-likeness (QED) is 0.165. The van der Waals surface area contributed by atoms with Crippen LogP contribution in [0.2, 0.25) is 0 Å². The van der Waals surface area contributed by atoms with Crippen molar-refractivity contribution in [1.82, 2.24) is 19.5 Å². The summed E-state index contributed by atoms with van der Waals surface area (Å²) in [6.45, 7) is 13.1. The molecule has 7 aromatic carbocycles. The molecule has 322 valence electrons. The van der Waals surface area contributed by atoms with Gasteiger partial charge in [-0.25, -0.2) is 4.98 Å². The van der Waals surface area contributed by atoms with Crippen LogP contribution < -0.4 is 0 Å². The zero-order valence-electron chi connectivity index (χ0n) is 38.3. The molecule has 10 rings (SSSR count). The molecule has 10 aromatic rings. The molecule has 0 spiro atoms. The highest BCUT2D eigenvalue weighted by atomic mass is 16.3. The standard InChI is InChI=1S/C61H52N4O/c1-60(2,3)49-36-51(58(66)53(37-49)61(4,5)6)59-64-57-52(38-62-39-56(57)65(59)55-25-17-16-24-50(55)44-22-14-9-15-23-44)47-32-46(41-20-12-8-13-21-41)33-48(34-47)54-35-45(30-31-63-54)43-28-26-42(27-29-43)40-18-10-7-11-19-40/h7-39,66H,1-6H3. The topological polar surface area (TPSA) is 63.8 Å². The minimum absolute atomic E-state index is 0.195. The molecular weight excluding hydrogens is 805 g/mol. The number of benzene rings is 7. The first-order chi connectivity index (χ1) is 31.9. The summed E-state index contributed by atoms with van der Waals surface area (Å²) >= 11 is 0. The number of nitrogens with zero attached hydrogens (tertiary/aromatic N) is 4. The van der Waals surface area contributed by atoms with E-state index >= 15 is 0 Å². The van der Waals surface area contributed by atoms with Crippen molar-refractivity contribution in [2.45, 2.75) is 52.4 Å². The Kier molecular flexibility index (Phi) is 10.8. The summed E-state index contributed by atoms with van der Waals surface area (Å²) in [7, 11) is 0. The first-order valence-electron chi connectivity index (χ1n) is 22.6. The first kappa shape index (κ1) is 42.1. The van der Waals surface area contributed by atoms with Gasteiger partial charge in [-0.2, -0.15) is 0 Å². The summed E-state index contributed by atoms with van der Waals surface area (Å²) in [5.74, 6) is 0.872. The number of aromatic hydroxyl groups is 1. The number of phenolic OH excluding ortho intramolecular Hbond substituents is 1. The van der Waals surface area contributed by atoms with Gasteiger partial charge in [0.1, 0.15) is 17.1 Å². The van der Waals surface area contributed by atoms with E-state index in [0.717, 1.165) is 83.6 Å². The Morgan fingerprint density at radius 1 is 0.439 bits per heavy atom. The second-order valence-corrected chi connectivity index (χ2v) is 19.2. The maximum atomic E-state index is 12.5. The molecule has 0 bridgehead atoms. The van der Waals surface area contributed by atoms with Crippen molar-refractivity contribution >= 4 is 11.0 Å². The van der Waals surface area contributed by atoms with Crippen molar-refractivity contribution in [3.63, 3.8) is 0 Å². The van der Waals surface area contributed by atoms with Gasteiger partial charge in [0, 0.05) is 34.6 Å². The fourth-order valence-corrected chi connectivity index (χ4v) is 8.95. The van der Waals surface area contributed by atoms with Crippen molar-refractivity contribution in [2.75, 3.05) is 0 Å². The van der Waals surface area contributed by atoms with Gasteiger partial charge in [0.05, 0.1) is 28.7 Å². The Labute approximate surface area is 387 Å². The molecule has 0 aliphatic heterocycles. The number of rotatable bonds is 8. The largest absolute Gasteiger partial charge is 0.507 e. The molecule has 0 atom stereocenters. The van der Waals surface area contributed by atoms with Crippen LogP contribution >= 0.6 is 0 Å². The Morgan fingerprint density at radius 3 is 1.65 bits per heavy atom.